The Hall–Kier alpha value is -4.11. The Balaban J connectivity index is 1.47. The lowest BCUT2D eigenvalue weighted by Gasteiger charge is -2.29. The first-order valence-corrected chi connectivity index (χ1v) is 17.4. The van der Waals surface area contributed by atoms with Gasteiger partial charge >= 0.3 is 6.18 Å². The van der Waals surface area contributed by atoms with Crippen LogP contribution in [0.15, 0.2) is 65.8 Å². The van der Waals surface area contributed by atoms with Crippen molar-refractivity contribution in [2.75, 3.05) is 49.3 Å². The first-order valence-electron chi connectivity index (χ1n) is 15.5. The predicted octanol–water partition coefficient (Wildman–Crippen LogP) is 5.77. The Labute approximate surface area is 290 Å². The number of carbonyl (C=O) groups is 3. The maximum Gasteiger partial charge on any atom is 0.417 e. The number of hydrazone groups is 1. The number of anilines is 2. The van der Waals surface area contributed by atoms with E-state index in [9.17, 15) is 32.1 Å². The number of nitrogens with one attached hydrogen (secondary N) is 3. The minimum atomic E-state index is -4.66. The normalized spacial score (nSPS) is 14.0. The van der Waals surface area contributed by atoms with E-state index in [1.165, 1.54) is 13.2 Å². The molecular weight excluding hydrogens is 683 g/mol. The standard InChI is InChI=1S/C34H37ClF3N5O5S/c1-48-16-13-39-31(44)12-17-49(47)22-24-6-5-7-25(18-24)32(45)41-30-11-9-26(43-14-3-2-4-15-43)20-27(30)33(46)42-40-21-23-8-10-29(35)28(19-23)34(36,37)38/h5-11,18-21H,2-4,12-17,22H2,1H3,(H,39,44)(H,41,45)(H,42,46). The number of hydrogen-bond acceptors (Lipinski definition) is 7. The molecule has 1 fully saturated rings. The number of amides is 3. The van der Waals surface area contributed by atoms with E-state index in [0.717, 1.165) is 56.4 Å². The zero-order valence-corrected chi connectivity index (χ0v) is 28.4. The summed E-state index contributed by atoms with van der Waals surface area (Å²) in [4.78, 5) is 40.8. The number of nitrogens with zero attached hydrogens (tertiary/aromatic N) is 2. The summed E-state index contributed by atoms with van der Waals surface area (Å²) in [6.07, 6.45) is -0.413. The van der Waals surface area contributed by atoms with Crippen molar-refractivity contribution in [3.63, 3.8) is 0 Å². The van der Waals surface area contributed by atoms with Gasteiger partial charge in [0, 0.05) is 43.6 Å². The molecule has 0 aliphatic carbocycles. The van der Waals surface area contributed by atoms with Crippen molar-refractivity contribution < 1.29 is 36.8 Å². The van der Waals surface area contributed by atoms with Crippen LogP contribution in [-0.4, -0.2) is 67.6 Å². The van der Waals surface area contributed by atoms with Gasteiger partial charge in [0.15, 0.2) is 0 Å². The molecule has 1 aliphatic rings. The van der Waals surface area contributed by atoms with Crippen LogP contribution >= 0.6 is 11.6 Å². The van der Waals surface area contributed by atoms with Gasteiger partial charge in [0.05, 0.1) is 41.1 Å². The molecule has 0 saturated carbocycles. The van der Waals surface area contributed by atoms with Crippen molar-refractivity contribution in [1.82, 2.24) is 10.7 Å². The van der Waals surface area contributed by atoms with Crippen molar-refractivity contribution in [3.8, 4) is 0 Å². The lowest BCUT2D eigenvalue weighted by atomic mass is 10.1. The SMILES string of the molecule is COCCNC(=O)CC[S+]([O-])Cc1cccc(C(=O)Nc2ccc(N3CCCCC3)cc2C(=O)NN=Cc2ccc(Cl)c(C(F)(F)F)c2)c1. The molecule has 3 amide bonds. The van der Waals surface area contributed by atoms with Gasteiger partial charge in [-0.05, 0) is 78.5 Å². The largest absolute Gasteiger partial charge is 0.616 e. The van der Waals surface area contributed by atoms with Gasteiger partial charge in [0.2, 0.25) is 5.91 Å². The molecule has 0 radical (unpaired) electrons. The van der Waals surface area contributed by atoms with Crippen molar-refractivity contribution in [3.05, 3.63) is 93.5 Å². The van der Waals surface area contributed by atoms with Crippen LogP contribution in [0, 0.1) is 0 Å². The van der Waals surface area contributed by atoms with Crippen molar-refractivity contribution >= 4 is 58.1 Å². The highest BCUT2D eigenvalue weighted by Crippen LogP contribution is 2.35. The summed E-state index contributed by atoms with van der Waals surface area (Å²) in [5.41, 5.74) is 3.35. The highest BCUT2D eigenvalue weighted by Gasteiger charge is 2.33. The number of hydrogen-bond donors (Lipinski definition) is 3. The minimum Gasteiger partial charge on any atom is -0.616 e. The van der Waals surface area contributed by atoms with E-state index in [-0.39, 0.29) is 46.2 Å². The number of rotatable bonds is 14. The Bertz CT molecular complexity index is 1650. The number of alkyl halides is 3. The van der Waals surface area contributed by atoms with Crippen LogP contribution in [0.1, 0.15) is 63.1 Å². The van der Waals surface area contributed by atoms with Crippen molar-refractivity contribution in [1.29, 1.82) is 0 Å². The molecule has 3 N–H and O–H groups in total. The van der Waals surface area contributed by atoms with Gasteiger partial charge in [0.25, 0.3) is 11.8 Å². The summed E-state index contributed by atoms with van der Waals surface area (Å²) in [5.74, 6) is -1.14. The third-order valence-electron chi connectivity index (χ3n) is 7.59. The second-order valence-corrected chi connectivity index (χ2v) is 13.2. The number of methoxy groups -OCH3 is 1. The van der Waals surface area contributed by atoms with Crippen LogP contribution in [-0.2, 0) is 32.6 Å². The van der Waals surface area contributed by atoms with E-state index in [0.29, 0.717) is 18.7 Å². The summed E-state index contributed by atoms with van der Waals surface area (Å²) in [7, 11) is 1.53. The quantitative estimate of drug-likeness (QED) is 0.0839. The Morgan fingerprint density at radius 2 is 1.82 bits per heavy atom. The van der Waals surface area contributed by atoms with Gasteiger partial charge in [-0.1, -0.05) is 29.8 Å². The van der Waals surface area contributed by atoms with E-state index in [4.69, 9.17) is 16.3 Å². The molecule has 1 heterocycles. The summed E-state index contributed by atoms with van der Waals surface area (Å²) in [6.45, 7) is 2.35. The van der Waals surface area contributed by atoms with E-state index in [1.807, 2.05) is 0 Å². The first kappa shape index (κ1) is 37.7. The molecule has 1 atom stereocenters. The fourth-order valence-corrected chi connectivity index (χ4v) is 6.42. The van der Waals surface area contributed by atoms with Crippen LogP contribution in [0.3, 0.4) is 0 Å². The van der Waals surface area contributed by atoms with E-state index in [2.05, 4.69) is 26.1 Å². The van der Waals surface area contributed by atoms with Crippen molar-refractivity contribution in [2.24, 2.45) is 5.10 Å². The molecule has 0 bridgehead atoms. The summed E-state index contributed by atoms with van der Waals surface area (Å²) in [5, 5.41) is 8.85. The zero-order valence-electron chi connectivity index (χ0n) is 26.8. The lowest BCUT2D eigenvalue weighted by molar-refractivity contribution is -0.137. The predicted molar refractivity (Wildman–Crippen MR) is 185 cm³/mol. The highest BCUT2D eigenvalue weighted by atomic mass is 35.5. The molecule has 1 aliphatic heterocycles. The van der Waals surface area contributed by atoms with Crippen LogP contribution in [0.4, 0.5) is 24.5 Å². The second kappa shape index (κ2) is 18.0. The lowest BCUT2D eigenvalue weighted by Crippen LogP contribution is -2.30. The molecule has 0 spiro atoms. The number of ether oxygens (including phenoxy) is 1. The summed E-state index contributed by atoms with van der Waals surface area (Å²) < 4.78 is 57.4. The second-order valence-electron chi connectivity index (χ2n) is 11.2. The molecule has 3 aromatic carbocycles. The average Bonchev–Trinajstić information content (AvgIpc) is 3.08. The highest BCUT2D eigenvalue weighted by molar-refractivity contribution is 7.90. The number of benzene rings is 3. The van der Waals surface area contributed by atoms with Crippen LogP contribution in [0.25, 0.3) is 0 Å². The van der Waals surface area contributed by atoms with Gasteiger partial charge < -0.3 is 24.8 Å². The topological polar surface area (TPSA) is 135 Å². The number of carbonyl (C=O) groups excluding carboxylic acids is 3. The van der Waals surface area contributed by atoms with Crippen LogP contribution in [0.5, 0.6) is 0 Å². The molecule has 15 heteroatoms. The van der Waals surface area contributed by atoms with Gasteiger partial charge in [-0.3, -0.25) is 14.4 Å². The summed E-state index contributed by atoms with van der Waals surface area (Å²) >= 11 is 4.34. The average molecular weight is 720 g/mol. The van der Waals surface area contributed by atoms with Gasteiger partial charge in [-0.15, -0.1) is 0 Å². The van der Waals surface area contributed by atoms with Gasteiger partial charge in [-0.2, -0.15) is 18.3 Å². The smallest absolute Gasteiger partial charge is 0.417 e. The molecule has 262 valence electrons. The number of piperidine rings is 1. The van der Waals surface area contributed by atoms with E-state index >= 15 is 0 Å². The third kappa shape index (κ3) is 11.5. The monoisotopic (exact) mass is 719 g/mol. The molecule has 1 saturated heterocycles. The van der Waals surface area contributed by atoms with Crippen molar-refractivity contribution in [2.45, 2.75) is 37.6 Å². The first-order chi connectivity index (χ1) is 23.4. The maximum atomic E-state index is 13.4. The van der Waals surface area contributed by atoms with Gasteiger partial charge in [-0.25, -0.2) is 5.43 Å². The molecule has 49 heavy (non-hydrogen) atoms. The Morgan fingerprint density at radius 1 is 1.04 bits per heavy atom. The van der Waals surface area contributed by atoms with E-state index in [1.54, 1.807) is 42.5 Å². The summed E-state index contributed by atoms with van der Waals surface area (Å²) in [6, 6.07) is 14.9. The minimum absolute atomic E-state index is 0.0683. The molecule has 1 unspecified atom stereocenters. The van der Waals surface area contributed by atoms with Crippen LogP contribution in [0.2, 0.25) is 5.02 Å². The molecule has 10 nitrogen and oxygen atoms in total. The molecular formula is C34H37ClF3N5O5S. The fourth-order valence-electron chi connectivity index (χ4n) is 5.09. The Kier molecular flexibility index (Phi) is 13.9. The molecule has 4 rings (SSSR count). The Morgan fingerprint density at radius 3 is 2.55 bits per heavy atom. The molecule has 0 aromatic heterocycles. The molecule has 3 aromatic rings. The maximum absolute atomic E-state index is 13.4. The van der Waals surface area contributed by atoms with Crippen LogP contribution < -0.4 is 21.0 Å². The third-order valence-corrected chi connectivity index (χ3v) is 9.24. The van der Waals surface area contributed by atoms with E-state index < -0.39 is 39.8 Å². The fraction of sp³-hybridized carbons (Fsp3) is 0.353. The van der Waals surface area contributed by atoms with Gasteiger partial charge in [0.1, 0.15) is 11.5 Å². The zero-order chi connectivity index (χ0) is 35.4. The number of halogens is 4.